The number of hydroxylamine groups is 1. The van der Waals surface area contributed by atoms with Crippen LogP contribution < -0.4 is 20.7 Å². The van der Waals surface area contributed by atoms with Crippen LogP contribution in [0, 0.1) is 5.82 Å². The van der Waals surface area contributed by atoms with Crippen molar-refractivity contribution in [2.75, 3.05) is 5.32 Å². The highest BCUT2D eigenvalue weighted by Crippen LogP contribution is 2.26. The summed E-state index contributed by atoms with van der Waals surface area (Å²) in [7, 11) is -3.75. The molecule has 3 rings (SSSR count). The van der Waals surface area contributed by atoms with Crippen LogP contribution in [0.2, 0.25) is 0 Å². The minimum atomic E-state index is -3.75. The number of rotatable bonds is 6. The van der Waals surface area contributed by atoms with Gasteiger partial charge in [-0.25, -0.2) is 19.2 Å². The summed E-state index contributed by atoms with van der Waals surface area (Å²) in [6, 6.07) is 3.66. The Morgan fingerprint density at radius 2 is 2.11 bits per heavy atom. The van der Waals surface area contributed by atoms with Crippen molar-refractivity contribution >= 4 is 43.5 Å². The van der Waals surface area contributed by atoms with E-state index in [9.17, 15) is 18.0 Å². The molecule has 1 aromatic heterocycles. The molecular formula is C13H15BrFN7O4S. The lowest BCUT2D eigenvalue weighted by molar-refractivity contribution is 0.234. The largest absolute Gasteiger partial charge is 0.362 e. The standard InChI is InChI=1S/C13H15BrFN7O4S/c14-9-5-6(1-2-10(9)15)17-12(19-23)11-13(21-26-20-11)18-7-3-8(4-7)22-27(16,24)25/h1-2,5,7-8,22-23H,3-4H2,(H,17,19)(H,18,21)(H2,16,24,25). The lowest BCUT2D eigenvalue weighted by Crippen LogP contribution is -2.51. The van der Waals surface area contributed by atoms with E-state index in [0.717, 1.165) is 0 Å². The molecular weight excluding hydrogens is 449 g/mol. The number of anilines is 1. The number of benzene rings is 1. The van der Waals surface area contributed by atoms with E-state index in [-0.39, 0.29) is 33.9 Å². The molecule has 11 nitrogen and oxygen atoms in total. The van der Waals surface area contributed by atoms with E-state index >= 15 is 0 Å². The summed E-state index contributed by atoms with van der Waals surface area (Å²) in [6.45, 7) is 0. The molecule has 0 amide bonds. The Hall–Kier alpha value is -2.13. The number of nitrogens with zero attached hydrogens (tertiary/aromatic N) is 3. The van der Waals surface area contributed by atoms with Crippen LogP contribution in [0.3, 0.4) is 0 Å². The van der Waals surface area contributed by atoms with Gasteiger partial charge in [0.05, 0.1) is 10.2 Å². The Morgan fingerprint density at radius 1 is 1.37 bits per heavy atom. The van der Waals surface area contributed by atoms with Crippen molar-refractivity contribution in [3.8, 4) is 0 Å². The minimum Gasteiger partial charge on any atom is -0.362 e. The number of nitrogens with two attached hydrogens (primary N) is 1. The molecule has 1 saturated carbocycles. The number of aliphatic imine (C=N–C) groups is 1. The third-order valence-corrected chi connectivity index (χ3v) is 5.04. The predicted octanol–water partition coefficient (Wildman–Crippen LogP) is 0.764. The third-order valence-electron chi connectivity index (χ3n) is 3.77. The second kappa shape index (κ2) is 7.85. The molecule has 0 saturated heterocycles. The van der Waals surface area contributed by atoms with E-state index in [1.807, 2.05) is 5.48 Å². The van der Waals surface area contributed by atoms with E-state index < -0.39 is 16.0 Å². The van der Waals surface area contributed by atoms with Crippen molar-refractivity contribution in [1.82, 2.24) is 20.5 Å². The van der Waals surface area contributed by atoms with Crippen LogP contribution in [0.4, 0.5) is 15.9 Å². The van der Waals surface area contributed by atoms with Gasteiger partial charge in [-0.1, -0.05) is 0 Å². The van der Waals surface area contributed by atoms with Gasteiger partial charge in [-0.2, -0.15) is 13.1 Å². The first kappa shape index (κ1) is 19.6. The fourth-order valence-corrected chi connectivity index (χ4v) is 3.53. The first-order valence-corrected chi connectivity index (χ1v) is 9.92. The molecule has 1 heterocycles. The molecule has 0 atom stereocenters. The van der Waals surface area contributed by atoms with Gasteiger partial charge < -0.3 is 5.32 Å². The quantitative estimate of drug-likeness (QED) is 0.237. The van der Waals surface area contributed by atoms with E-state index in [1.165, 1.54) is 18.2 Å². The van der Waals surface area contributed by atoms with Crippen LogP contribution in [0.15, 0.2) is 32.3 Å². The molecule has 2 aromatic rings. The number of nitrogens with one attached hydrogen (secondary N) is 3. The van der Waals surface area contributed by atoms with Gasteiger partial charge in [-0.05, 0) is 57.3 Å². The van der Waals surface area contributed by atoms with Gasteiger partial charge in [0.25, 0.3) is 10.2 Å². The van der Waals surface area contributed by atoms with Gasteiger partial charge in [-0.3, -0.25) is 10.7 Å². The van der Waals surface area contributed by atoms with Gasteiger partial charge in [-0.15, -0.1) is 0 Å². The topological polar surface area (TPSA) is 168 Å². The summed E-state index contributed by atoms with van der Waals surface area (Å²) in [5, 5.41) is 24.7. The zero-order chi connectivity index (χ0) is 19.6. The SMILES string of the molecule is NS(=O)(=O)NC1CC(Nc2nonc2/C(=N/c2ccc(F)c(Br)c2)NO)C1. The monoisotopic (exact) mass is 463 g/mol. The first-order valence-electron chi connectivity index (χ1n) is 7.58. The highest BCUT2D eigenvalue weighted by Gasteiger charge is 2.33. The lowest BCUT2D eigenvalue weighted by Gasteiger charge is -2.35. The average molecular weight is 464 g/mol. The van der Waals surface area contributed by atoms with Crippen molar-refractivity contribution in [3.63, 3.8) is 0 Å². The molecule has 0 unspecified atom stereocenters. The Morgan fingerprint density at radius 3 is 2.74 bits per heavy atom. The van der Waals surface area contributed by atoms with Crippen molar-refractivity contribution in [2.24, 2.45) is 10.1 Å². The van der Waals surface area contributed by atoms with Crippen LogP contribution in [-0.2, 0) is 10.2 Å². The maximum absolute atomic E-state index is 13.3. The molecule has 0 aliphatic heterocycles. The van der Waals surface area contributed by atoms with Crippen LogP contribution in [-0.4, -0.2) is 41.9 Å². The molecule has 6 N–H and O–H groups in total. The molecule has 1 aromatic carbocycles. The number of halogens is 2. The number of aromatic nitrogens is 2. The average Bonchev–Trinajstić information content (AvgIpc) is 3.01. The summed E-state index contributed by atoms with van der Waals surface area (Å²) in [6.07, 6.45) is 0.958. The van der Waals surface area contributed by atoms with E-state index in [0.29, 0.717) is 18.5 Å². The van der Waals surface area contributed by atoms with E-state index in [4.69, 9.17) is 9.77 Å². The summed E-state index contributed by atoms with van der Waals surface area (Å²) in [5.41, 5.74) is 2.35. The molecule has 1 aliphatic carbocycles. The van der Waals surface area contributed by atoms with Crippen LogP contribution >= 0.6 is 15.9 Å². The van der Waals surface area contributed by atoms with Gasteiger partial charge in [0.15, 0.2) is 11.5 Å². The van der Waals surface area contributed by atoms with Crippen LogP contribution in [0.1, 0.15) is 18.5 Å². The lowest BCUT2D eigenvalue weighted by atomic mass is 9.87. The van der Waals surface area contributed by atoms with Gasteiger partial charge in [0, 0.05) is 12.1 Å². The number of amidine groups is 1. The molecule has 27 heavy (non-hydrogen) atoms. The zero-order valence-electron chi connectivity index (χ0n) is 13.6. The van der Waals surface area contributed by atoms with Crippen molar-refractivity contribution in [2.45, 2.75) is 24.9 Å². The van der Waals surface area contributed by atoms with E-state index in [2.05, 4.69) is 41.3 Å². The first-order chi connectivity index (χ1) is 12.7. The zero-order valence-corrected chi connectivity index (χ0v) is 16.0. The molecule has 0 spiro atoms. The molecule has 14 heteroatoms. The van der Waals surface area contributed by atoms with Crippen molar-refractivity contribution in [1.29, 1.82) is 0 Å². The number of hydrogen-bond acceptors (Lipinski definition) is 8. The Balaban J connectivity index is 1.71. The van der Waals surface area contributed by atoms with Gasteiger partial charge in [0.1, 0.15) is 5.82 Å². The molecule has 146 valence electrons. The second-order valence-electron chi connectivity index (χ2n) is 5.80. The minimum absolute atomic E-state index is 0.0733. The Labute approximate surface area is 161 Å². The van der Waals surface area contributed by atoms with Crippen molar-refractivity contribution in [3.05, 3.63) is 34.2 Å². The van der Waals surface area contributed by atoms with Crippen LogP contribution in [0.5, 0.6) is 0 Å². The smallest absolute Gasteiger partial charge is 0.274 e. The van der Waals surface area contributed by atoms with Crippen molar-refractivity contribution < 1.29 is 22.6 Å². The second-order valence-corrected chi connectivity index (χ2v) is 7.98. The van der Waals surface area contributed by atoms with Gasteiger partial charge >= 0.3 is 0 Å². The number of hydrogen-bond donors (Lipinski definition) is 5. The summed E-state index contributed by atoms with van der Waals surface area (Å²) in [5.74, 6) is -0.322. The van der Waals surface area contributed by atoms with Crippen LogP contribution in [0.25, 0.3) is 0 Å². The highest BCUT2D eigenvalue weighted by atomic mass is 79.9. The molecule has 1 aliphatic rings. The molecule has 0 bridgehead atoms. The summed E-state index contributed by atoms with van der Waals surface area (Å²) < 4.78 is 42.5. The molecule has 0 radical (unpaired) electrons. The molecule has 1 fully saturated rings. The summed E-state index contributed by atoms with van der Waals surface area (Å²) >= 11 is 3.05. The van der Waals surface area contributed by atoms with Gasteiger partial charge in [0.2, 0.25) is 5.82 Å². The predicted molar refractivity (Wildman–Crippen MR) is 96.2 cm³/mol. The summed E-state index contributed by atoms with van der Waals surface area (Å²) in [4.78, 5) is 4.14. The Kier molecular flexibility index (Phi) is 5.71. The fourth-order valence-electron chi connectivity index (χ4n) is 2.51. The fraction of sp³-hybridized carbons (Fsp3) is 0.308. The maximum atomic E-state index is 13.3. The maximum Gasteiger partial charge on any atom is 0.274 e. The highest BCUT2D eigenvalue weighted by molar-refractivity contribution is 9.10. The Bertz CT molecular complexity index is 961. The third kappa shape index (κ3) is 4.98. The normalized spacial score (nSPS) is 20.2. The van der Waals surface area contributed by atoms with E-state index in [1.54, 1.807) is 0 Å².